The zero-order valence-electron chi connectivity index (χ0n) is 16.9. The number of rotatable bonds is 5. The Labute approximate surface area is 181 Å². The van der Waals surface area contributed by atoms with Crippen molar-refractivity contribution in [3.05, 3.63) is 52.9 Å². The van der Waals surface area contributed by atoms with Crippen LogP contribution in [0.5, 0.6) is 17.2 Å². The van der Waals surface area contributed by atoms with E-state index in [1.165, 1.54) is 37.6 Å². The first-order valence-electron chi connectivity index (χ1n) is 9.74. The molecule has 0 bridgehead atoms. The van der Waals surface area contributed by atoms with Crippen LogP contribution in [-0.4, -0.2) is 70.0 Å². The molecule has 1 aliphatic heterocycles. The second-order valence-corrected chi connectivity index (χ2v) is 7.34. The van der Waals surface area contributed by atoms with Gasteiger partial charge in [-0.15, -0.1) is 0 Å². The van der Waals surface area contributed by atoms with Crippen molar-refractivity contribution in [1.29, 1.82) is 0 Å². The maximum atomic E-state index is 12.9. The number of ether oxygens (including phenoxy) is 3. The van der Waals surface area contributed by atoms with E-state index in [-0.39, 0.29) is 28.0 Å². The van der Waals surface area contributed by atoms with E-state index < -0.39 is 42.7 Å². The minimum atomic E-state index is -1.56. The van der Waals surface area contributed by atoms with E-state index >= 15 is 0 Å². The minimum Gasteiger partial charge on any atom is -0.507 e. The van der Waals surface area contributed by atoms with Crippen molar-refractivity contribution in [3.63, 3.8) is 0 Å². The van der Waals surface area contributed by atoms with Crippen LogP contribution in [0.25, 0.3) is 22.1 Å². The highest BCUT2D eigenvalue weighted by atomic mass is 16.7. The zero-order valence-corrected chi connectivity index (χ0v) is 16.9. The van der Waals surface area contributed by atoms with E-state index in [1.807, 2.05) is 0 Å². The average Bonchev–Trinajstić information content (AvgIpc) is 2.80. The Kier molecular flexibility index (Phi) is 6.04. The van der Waals surface area contributed by atoms with Crippen molar-refractivity contribution in [2.45, 2.75) is 30.7 Å². The van der Waals surface area contributed by atoms with Crippen LogP contribution < -0.4 is 14.9 Å². The molecule has 5 N–H and O–H groups in total. The monoisotopic (exact) mass is 446 g/mol. The van der Waals surface area contributed by atoms with Crippen LogP contribution >= 0.6 is 0 Å². The Morgan fingerprint density at radius 2 is 1.72 bits per heavy atom. The molecule has 10 nitrogen and oxygen atoms in total. The molecule has 170 valence electrons. The number of fused-ring (bicyclic) bond motifs is 1. The summed E-state index contributed by atoms with van der Waals surface area (Å²) in [5.41, 5.74) is 0.432. The molecule has 1 saturated heterocycles. The van der Waals surface area contributed by atoms with Gasteiger partial charge >= 0.3 is 0 Å². The molecule has 4 rings (SSSR count). The minimum absolute atomic E-state index is 0.0185. The molecule has 5 atom stereocenters. The van der Waals surface area contributed by atoms with Crippen LogP contribution in [0.4, 0.5) is 0 Å². The van der Waals surface area contributed by atoms with E-state index in [9.17, 15) is 30.3 Å². The summed E-state index contributed by atoms with van der Waals surface area (Å²) in [7, 11) is 1.43. The third-order valence-corrected chi connectivity index (χ3v) is 5.33. The maximum Gasteiger partial charge on any atom is 0.229 e. The quantitative estimate of drug-likeness (QED) is 0.370. The summed E-state index contributed by atoms with van der Waals surface area (Å²) < 4.78 is 21.4. The zero-order chi connectivity index (χ0) is 23.0. The summed E-state index contributed by atoms with van der Waals surface area (Å²) in [4.78, 5) is 12.9. The number of aromatic hydroxyl groups is 1. The summed E-state index contributed by atoms with van der Waals surface area (Å²) in [5.74, 6) is 0.328. The molecule has 1 aliphatic rings. The Morgan fingerprint density at radius 3 is 2.38 bits per heavy atom. The van der Waals surface area contributed by atoms with E-state index in [0.29, 0.717) is 11.3 Å². The Bertz CT molecular complexity index is 1150. The summed E-state index contributed by atoms with van der Waals surface area (Å²) in [5, 5.41) is 49.3. The van der Waals surface area contributed by atoms with Crippen molar-refractivity contribution in [2.75, 3.05) is 13.7 Å². The third-order valence-electron chi connectivity index (χ3n) is 5.33. The topological polar surface area (TPSA) is 159 Å². The van der Waals surface area contributed by atoms with Crippen LogP contribution in [0.15, 0.2) is 51.9 Å². The van der Waals surface area contributed by atoms with Gasteiger partial charge in [-0.25, -0.2) is 0 Å². The Morgan fingerprint density at radius 1 is 1.00 bits per heavy atom. The lowest BCUT2D eigenvalue weighted by Crippen LogP contribution is -2.60. The van der Waals surface area contributed by atoms with Crippen LogP contribution in [0, 0.1) is 0 Å². The lowest BCUT2D eigenvalue weighted by atomic mass is 9.99. The molecule has 1 aromatic heterocycles. The van der Waals surface area contributed by atoms with Crippen molar-refractivity contribution in [1.82, 2.24) is 0 Å². The van der Waals surface area contributed by atoms with E-state index in [0.717, 1.165) is 0 Å². The first kappa shape index (κ1) is 22.1. The molecule has 3 aromatic rings. The molecule has 0 unspecified atom stereocenters. The number of hydrogen-bond donors (Lipinski definition) is 5. The van der Waals surface area contributed by atoms with Gasteiger partial charge in [0, 0.05) is 12.1 Å². The lowest BCUT2D eigenvalue weighted by Gasteiger charge is -2.39. The lowest BCUT2D eigenvalue weighted by molar-refractivity contribution is -0.277. The van der Waals surface area contributed by atoms with Crippen LogP contribution in [0.2, 0.25) is 0 Å². The molecule has 0 saturated carbocycles. The van der Waals surface area contributed by atoms with Crippen molar-refractivity contribution < 1.29 is 44.2 Å². The van der Waals surface area contributed by atoms with Gasteiger partial charge in [0.1, 0.15) is 58.9 Å². The highest BCUT2D eigenvalue weighted by molar-refractivity contribution is 5.88. The molecule has 10 heteroatoms. The van der Waals surface area contributed by atoms with Gasteiger partial charge in [0.05, 0.1) is 19.3 Å². The number of phenolic OH excluding ortho intramolecular Hbond substituents is 1. The normalized spacial score (nSPS) is 25.6. The number of benzene rings is 2. The first-order chi connectivity index (χ1) is 15.3. The van der Waals surface area contributed by atoms with Crippen LogP contribution in [-0.2, 0) is 4.74 Å². The SMILES string of the molecule is COc1cc(O)c2c(=O)c(-c3ccc(O[C@@H]4O[C@H](CO)[C@H](O)[C@@H](O)[C@@H]4O)cc3)coc2c1. The molecule has 2 heterocycles. The van der Waals surface area contributed by atoms with E-state index in [1.54, 1.807) is 12.1 Å². The van der Waals surface area contributed by atoms with Gasteiger partial charge < -0.3 is 44.2 Å². The number of phenols is 1. The molecule has 0 radical (unpaired) electrons. The maximum absolute atomic E-state index is 12.9. The fourth-order valence-electron chi connectivity index (χ4n) is 3.54. The van der Waals surface area contributed by atoms with Gasteiger partial charge in [-0.3, -0.25) is 4.79 Å². The summed E-state index contributed by atoms with van der Waals surface area (Å²) in [6.45, 7) is -0.569. The van der Waals surface area contributed by atoms with Crippen LogP contribution in [0.1, 0.15) is 0 Å². The smallest absolute Gasteiger partial charge is 0.229 e. The van der Waals surface area contributed by atoms with Crippen molar-refractivity contribution in [3.8, 4) is 28.4 Å². The third kappa shape index (κ3) is 3.90. The van der Waals surface area contributed by atoms with Gasteiger partial charge in [-0.2, -0.15) is 0 Å². The highest BCUT2D eigenvalue weighted by Crippen LogP contribution is 2.31. The molecule has 2 aromatic carbocycles. The van der Waals surface area contributed by atoms with Gasteiger partial charge in [0.2, 0.25) is 11.7 Å². The predicted molar refractivity (Wildman–Crippen MR) is 111 cm³/mol. The fourth-order valence-corrected chi connectivity index (χ4v) is 3.54. The van der Waals surface area contributed by atoms with E-state index in [2.05, 4.69) is 0 Å². The molecule has 1 fully saturated rings. The van der Waals surface area contributed by atoms with Gasteiger partial charge in [-0.1, -0.05) is 12.1 Å². The molecule has 0 aliphatic carbocycles. The molecular formula is C22H22O10. The Balaban J connectivity index is 1.59. The fraction of sp³-hybridized carbons (Fsp3) is 0.318. The summed E-state index contributed by atoms with van der Waals surface area (Å²) in [6, 6.07) is 8.97. The molecule has 0 amide bonds. The predicted octanol–water partition coefficient (Wildman–Crippen LogP) is 0.353. The Hall–Kier alpha value is -3.15. The molecule has 32 heavy (non-hydrogen) atoms. The van der Waals surface area contributed by atoms with E-state index in [4.69, 9.17) is 18.6 Å². The standard InChI is InChI=1S/C22H22O10/c1-29-12-6-14(24)17-15(7-12)30-9-13(18(17)25)10-2-4-11(5-3-10)31-22-21(28)20(27)19(26)16(8-23)32-22/h2-7,9,16,19-24,26-28H,8H2,1H3/t16-,19+,20-,21+,22-/m1/s1. The molecule has 0 spiro atoms. The van der Waals surface area contributed by atoms with Gasteiger partial charge in [0.15, 0.2) is 0 Å². The van der Waals surface area contributed by atoms with Crippen molar-refractivity contribution >= 4 is 11.0 Å². The number of aliphatic hydroxyl groups is 4. The van der Waals surface area contributed by atoms with Gasteiger partial charge in [0.25, 0.3) is 0 Å². The summed E-state index contributed by atoms with van der Waals surface area (Å²) >= 11 is 0. The second-order valence-electron chi connectivity index (χ2n) is 7.34. The van der Waals surface area contributed by atoms with Crippen molar-refractivity contribution in [2.24, 2.45) is 0 Å². The molecular weight excluding hydrogens is 424 g/mol. The summed E-state index contributed by atoms with van der Waals surface area (Å²) in [6.07, 6.45) is -5.73. The second kappa shape index (κ2) is 8.77. The number of hydrogen-bond acceptors (Lipinski definition) is 10. The average molecular weight is 446 g/mol. The number of methoxy groups -OCH3 is 1. The van der Waals surface area contributed by atoms with Crippen LogP contribution in [0.3, 0.4) is 0 Å². The highest BCUT2D eigenvalue weighted by Gasteiger charge is 2.44. The number of aliphatic hydroxyl groups excluding tert-OH is 4. The van der Waals surface area contributed by atoms with Gasteiger partial charge in [-0.05, 0) is 17.7 Å². The first-order valence-corrected chi connectivity index (χ1v) is 9.74. The largest absolute Gasteiger partial charge is 0.507 e.